The lowest BCUT2D eigenvalue weighted by Crippen LogP contribution is -2.04. The molecule has 0 saturated carbocycles. The van der Waals surface area contributed by atoms with Gasteiger partial charge in [0.05, 0.1) is 14.2 Å². The van der Waals surface area contributed by atoms with E-state index in [1.807, 2.05) is 41.9 Å². The minimum absolute atomic E-state index is 0.328. The largest absolute Gasteiger partial charge is 0.497 e. The minimum atomic E-state index is 0.328. The third-order valence-electron chi connectivity index (χ3n) is 3.95. The molecule has 0 aliphatic carbocycles. The second-order valence-electron chi connectivity index (χ2n) is 5.67. The van der Waals surface area contributed by atoms with Crippen LogP contribution in [0.15, 0.2) is 47.6 Å². The van der Waals surface area contributed by atoms with Crippen molar-refractivity contribution < 1.29 is 14.2 Å². The lowest BCUT2D eigenvalue weighted by Gasteiger charge is -2.10. The van der Waals surface area contributed by atoms with Crippen LogP contribution in [0.2, 0.25) is 5.02 Å². The molecule has 27 heavy (non-hydrogen) atoms. The lowest BCUT2D eigenvalue weighted by atomic mass is 10.2. The van der Waals surface area contributed by atoms with Gasteiger partial charge in [0.2, 0.25) is 0 Å². The van der Waals surface area contributed by atoms with Crippen molar-refractivity contribution in [2.45, 2.75) is 17.5 Å². The fraction of sp³-hybridized carbons (Fsp3) is 0.263. The van der Waals surface area contributed by atoms with Crippen LogP contribution in [0.4, 0.5) is 0 Å². The van der Waals surface area contributed by atoms with Gasteiger partial charge in [0.25, 0.3) is 0 Å². The van der Waals surface area contributed by atoms with E-state index in [1.54, 1.807) is 38.1 Å². The third-order valence-corrected chi connectivity index (χ3v) is 5.27. The number of nitrogens with zero attached hydrogens (tertiary/aromatic N) is 3. The van der Waals surface area contributed by atoms with Crippen LogP contribution in [0.1, 0.15) is 11.4 Å². The molecule has 0 amide bonds. The fourth-order valence-electron chi connectivity index (χ4n) is 2.41. The smallest absolute Gasteiger partial charge is 0.191 e. The van der Waals surface area contributed by atoms with Crippen molar-refractivity contribution in [1.29, 1.82) is 0 Å². The Bertz CT molecular complexity index is 900. The van der Waals surface area contributed by atoms with Gasteiger partial charge in [-0.25, -0.2) is 0 Å². The van der Waals surface area contributed by atoms with Crippen molar-refractivity contribution in [1.82, 2.24) is 14.8 Å². The van der Waals surface area contributed by atoms with Crippen LogP contribution >= 0.6 is 23.4 Å². The van der Waals surface area contributed by atoms with E-state index in [9.17, 15) is 0 Å². The number of benzene rings is 2. The molecule has 3 rings (SSSR count). The molecule has 0 atom stereocenters. The summed E-state index contributed by atoms with van der Waals surface area (Å²) in [4.78, 5) is 0. The highest BCUT2D eigenvalue weighted by Gasteiger charge is 2.12. The SMILES string of the molecule is COc1ccc(OC)c(CSc2nnc(COc3ccc(Cl)cc3)n2C)c1. The van der Waals surface area contributed by atoms with E-state index in [2.05, 4.69) is 10.2 Å². The van der Waals surface area contributed by atoms with Gasteiger partial charge in [0, 0.05) is 23.4 Å². The Kier molecular flexibility index (Phi) is 6.47. The number of rotatable bonds is 8. The van der Waals surface area contributed by atoms with Crippen LogP contribution in [-0.2, 0) is 19.4 Å². The molecule has 142 valence electrons. The van der Waals surface area contributed by atoms with Gasteiger partial charge >= 0.3 is 0 Å². The summed E-state index contributed by atoms with van der Waals surface area (Å²) < 4.78 is 18.4. The van der Waals surface area contributed by atoms with Crippen LogP contribution in [0.5, 0.6) is 17.2 Å². The number of hydrogen-bond donors (Lipinski definition) is 0. The van der Waals surface area contributed by atoms with E-state index in [4.69, 9.17) is 25.8 Å². The highest BCUT2D eigenvalue weighted by atomic mass is 35.5. The molecule has 8 heteroatoms. The summed E-state index contributed by atoms with van der Waals surface area (Å²) >= 11 is 7.46. The topological polar surface area (TPSA) is 58.4 Å². The van der Waals surface area contributed by atoms with E-state index in [0.29, 0.717) is 17.4 Å². The van der Waals surface area contributed by atoms with E-state index < -0.39 is 0 Å². The molecule has 0 spiro atoms. The number of thioether (sulfide) groups is 1. The van der Waals surface area contributed by atoms with Crippen molar-refractivity contribution in [3.63, 3.8) is 0 Å². The monoisotopic (exact) mass is 405 g/mol. The molecule has 6 nitrogen and oxygen atoms in total. The predicted octanol–water partition coefficient (Wildman–Crippen LogP) is 4.36. The van der Waals surface area contributed by atoms with E-state index in [-0.39, 0.29) is 0 Å². The summed E-state index contributed by atoms with van der Waals surface area (Å²) in [6.07, 6.45) is 0. The first kappa shape index (κ1) is 19.4. The Morgan fingerprint density at radius 3 is 2.44 bits per heavy atom. The lowest BCUT2D eigenvalue weighted by molar-refractivity contribution is 0.290. The highest BCUT2D eigenvalue weighted by molar-refractivity contribution is 7.98. The van der Waals surface area contributed by atoms with Gasteiger partial charge in [-0.3, -0.25) is 0 Å². The summed E-state index contributed by atoms with van der Waals surface area (Å²) in [5.74, 6) is 3.77. The predicted molar refractivity (Wildman–Crippen MR) is 106 cm³/mol. The summed E-state index contributed by atoms with van der Waals surface area (Å²) in [6.45, 7) is 0.328. The Balaban J connectivity index is 1.64. The molecule has 1 aromatic heterocycles. The second-order valence-corrected chi connectivity index (χ2v) is 7.05. The molecular formula is C19H20ClN3O3S. The van der Waals surface area contributed by atoms with Crippen molar-refractivity contribution >= 4 is 23.4 Å². The first-order valence-electron chi connectivity index (χ1n) is 8.21. The van der Waals surface area contributed by atoms with Gasteiger partial charge in [0.15, 0.2) is 11.0 Å². The average Bonchev–Trinajstić information content (AvgIpc) is 3.05. The number of aromatic nitrogens is 3. The Labute approximate surface area is 167 Å². The van der Waals surface area contributed by atoms with Crippen LogP contribution in [-0.4, -0.2) is 29.0 Å². The summed E-state index contributed by atoms with van der Waals surface area (Å²) in [7, 11) is 5.23. The summed E-state index contributed by atoms with van der Waals surface area (Å²) in [5, 5.41) is 9.95. The second kappa shape index (κ2) is 9.01. The Hall–Kier alpha value is -2.38. The number of halogens is 1. The van der Waals surface area contributed by atoms with Gasteiger partial charge in [-0.1, -0.05) is 23.4 Å². The quantitative estimate of drug-likeness (QED) is 0.519. The first-order valence-corrected chi connectivity index (χ1v) is 9.57. The van der Waals surface area contributed by atoms with E-state index in [0.717, 1.165) is 33.8 Å². The number of ether oxygens (including phenoxy) is 3. The fourth-order valence-corrected chi connectivity index (χ4v) is 3.45. The van der Waals surface area contributed by atoms with E-state index >= 15 is 0 Å². The maximum atomic E-state index is 5.88. The standard InChI is InChI=1S/C19H20ClN3O3S/c1-23-18(11-26-15-6-4-14(20)5-7-15)21-22-19(23)27-12-13-10-16(24-2)8-9-17(13)25-3/h4-10H,11-12H2,1-3H3. The molecule has 1 heterocycles. The van der Waals surface area contributed by atoms with Crippen molar-refractivity contribution in [2.24, 2.45) is 7.05 Å². The number of methoxy groups -OCH3 is 2. The normalized spacial score (nSPS) is 10.7. The maximum absolute atomic E-state index is 5.88. The Morgan fingerprint density at radius 1 is 1.00 bits per heavy atom. The van der Waals surface area contributed by atoms with Crippen LogP contribution < -0.4 is 14.2 Å². The van der Waals surface area contributed by atoms with Crippen molar-refractivity contribution in [3.8, 4) is 17.2 Å². The van der Waals surface area contributed by atoms with Crippen molar-refractivity contribution in [2.75, 3.05) is 14.2 Å². The first-order chi connectivity index (χ1) is 13.1. The van der Waals surface area contributed by atoms with Gasteiger partial charge in [0.1, 0.15) is 23.9 Å². The van der Waals surface area contributed by atoms with Gasteiger partial charge in [-0.05, 0) is 42.5 Å². The summed E-state index contributed by atoms with van der Waals surface area (Å²) in [6, 6.07) is 13.0. The van der Waals surface area contributed by atoms with E-state index in [1.165, 1.54) is 0 Å². The zero-order chi connectivity index (χ0) is 19.2. The molecule has 0 bridgehead atoms. The molecule has 0 unspecified atom stereocenters. The summed E-state index contributed by atoms with van der Waals surface area (Å²) in [5.41, 5.74) is 1.03. The van der Waals surface area contributed by atoms with Gasteiger partial charge in [-0.15, -0.1) is 10.2 Å². The zero-order valence-corrected chi connectivity index (χ0v) is 16.9. The molecular weight excluding hydrogens is 386 g/mol. The highest BCUT2D eigenvalue weighted by Crippen LogP contribution is 2.30. The Morgan fingerprint density at radius 2 is 1.74 bits per heavy atom. The average molecular weight is 406 g/mol. The molecule has 0 N–H and O–H groups in total. The zero-order valence-electron chi connectivity index (χ0n) is 15.3. The molecule has 0 aliphatic rings. The molecule has 2 aromatic carbocycles. The van der Waals surface area contributed by atoms with Gasteiger partial charge in [-0.2, -0.15) is 0 Å². The van der Waals surface area contributed by atoms with Crippen LogP contribution in [0, 0.1) is 0 Å². The molecule has 0 radical (unpaired) electrons. The molecule has 3 aromatic rings. The minimum Gasteiger partial charge on any atom is -0.497 e. The molecule has 0 saturated heterocycles. The maximum Gasteiger partial charge on any atom is 0.191 e. The van der Waals surface area contributed by atoms with Gasteiger partial charge < -0.3 is 18.8 Å². The van der Waals surface area contributed by atoms with Crippen LogP contribution in [0.25, 0.3) is 0 Å². The van der Waals surface area contributed by atoms with Crippen LogP contribution in [0.3, 0.4) is 0 Å². The molecule has 0 fully saturated rings. The third kappa shape index (κ3) is 4.87. The molecule has 0 aliphatic heterocycles. The van der Waals surface area contributed by atoms with Crippen molar-refractivity contribution in [3.05, 3.63) is 58.9 Å². The number of hydrogen-bond acceptors (Lipinski definition) is 6.